The minimum absolute atomic E-state index is 0.236. The minimum atomic E-state index is -0.236. The molecule has 0 aromatic heterocycles. The maximum Gasteiger partial charge on any atom is 0.156 e. The first kappa shape index (κ1) is 10.5. The Morgan fingerprint density at radius 2 is 2.46 bits per heavy atom. The summed E-state index contributed by atoms with van der Waals surface area (Å²) in [5.41, 5.74) is 0. The molecule has 1 heterocycles. The maximum atomic E-state index is 5.39. The molecule has 0 aliphatic carbocycles. The van der Waals surface area contributed by atoms with Crippen LogP contribution in [0.5, 0.6) is 0 Å². The molecule has 1 fully saturated rings. The van der Waals surface area contributed by atoms with E-state index in [4.69, 9.17) is 20.6 Å². The highest BCUT2D eigenvalue weighted by molar-refractivity contribution is 4.82. The lowest BCUT2D eigenvalue weighted by Crippen LogP contribution is -2.21. The largest absolute Gasteiger partial charge is 0.376 e. The van der Waals surface area contributed by atoms with Crippen molar-refractivity contribution >= 4 is 0 Å². The van der Waals surface area contributed by atoms with Gasteiger partial charge in [-0.3, -0.25) is 0 Å². The van der Waals surface area contributed by atoms with Crippen LogP contribution in [-0.4, -0.2) is 32.2 Å². The van der Waals surface area contributed by atoms with Gasteiger partial charge in [0.05, 0.1) is 12.7 Å². The van der Waals surface area contributed by atoms with E-state index >= 15 is 0 Å². The Morgan fingerprint density at radius 1 is 1.62 bits per heavy atom. The van der Waals surface area contributed by atoms with E-state index in [1.807, 2.05) is 6.92 Å². The van der Waals surface area contributed by atoms with Gasteiger partial charge >= 0.3 is 0 Å². The summed E-state index contributed by atoms with van der Waals surface area (Å²) < 4.78 is 15.9. The second kappa shape index (κ2) is 5.98. The van der Waals surface area contributed by atoms with Gasteiger partial charge < -0.3 is 14.2 Å². The fraction of sp³-hybridized carbons (Fsp3) is 0.800. The zero-order valence-corrected chi connectivity index (χ0v) is 7.99. The molecule has 0 aromatic carbocycles. The lowest BCUT2D eigenvalue weighted by molar-refractivity contribution is -0.140. The van der Waals surface area contributed by atoms with E-state index in [2.05, 4.69) is 5.92 Å². The molecular formula is C10H16O3. The number of ether oxygens (including phenoxy) is 3. The Kier molecular flexibility index (Phi) is 4.84. The van der Waals surface area contributed by atoms with Crippen LogP contribution in [0.1, 0.15) is 19.8 Å². The molecule has 3 heteroatoms. The first-order valence-electron chi connectivity index (χ1n) is 4.61. The van der Waals surface area contributed by atoms with Gasteiger partial charge in [-0.2, -0.15) is 0 Å². The summed E-state index contributed by atoms with van der Waals surface area (Å²) in [6.45, 7) is 3.60. The molecule has 3 nitrogen and oxygen atoms in total. The Morgan fingerprint density at radius 3 is 3.08 bits per heavy atom. The molecule has 0 saturated carbocycles. The summed E-state index contributed by atoms with van der Waals surface area (Å²) in [5, 5.41) is 0. The number of rotatable bonds is 5. The van der Waals surface area contributed by atoms with Gasteiger partial charge in [-0.15, -0.1) is 6.42 Å². The van der Waals surface area contributed by atoms with Gasteiger partial charge in [0, 0.05) is 6.61 Å². The molecule has 0 radical (unpaired) electrons. The molecule has 74 valence electrons. The van der Waals surface area contributed by atoms with Crippen LogP contribution in [0.25, 0.3) is 0 Å². The van der Waals surface area contributed by atoms with Crippen molar-refractivity contribution in [1.29, 1.82) is 0 Å². The van der Waals surface area contributed by atoms with Crippen molar-refractivity contribution in [1.82, 2.24) is 0 Å². The highest BCUT2D eigenvalue weighted by atomic mass is 16.7. The minimum Gasteiger partial charge on any atom is -0.376 e. The van der Waals surface area contributed by atoms with Gasteiger partial charge in [-0.25, -0.2) is 0 Å². The Balaban J connectivity index is 2.00. The number of hydrogen-bond donors (Lipinski definition) is 0. The molecular weight excluding hydrogens is 168 g/mol. The summed E-state index contributed by atoms with van der Waals surface area (Å²) >= 11 is 0. The molecule has 1 aliphatic heterocycles. The van der Waals surface area contributed by atoms with Crippen LogP contribution < -0.4 is 0 Å². The van der Waals surface area contributed by atoms with Crippen LogP contribution in [0.15, 0.2) is 0 Å². The quantitative estimate of drug-likeness (QED) is 0.474. The van der Waals surface area contributed by atoms with Crippen molar-refractivity contribution in [3.63, 3.8) is 0 Å². The Labute approximate surface area is 79.4 Å². The zero-order chi connectivity index (χ0) is 9.52. The van der Waals surface area contributed by atoms with E-state index in [1.54, 1.807) is 0 Å². The maximum absolute atomic E-state index is 5.39. The van der Waals surface area contributed by atoms with Crippen LogP contribution in [0.4, 0.5) is 0 Å². The molecule has 2 atom stereocenters. The smallest absolute Gasteiger partial charge is 0.156 e. The average Bonchev–Trinajstić information content (AvgIpc) is 2.64. The van der Waals surface area contributed by atoms with Crippen molar-refractivity contribution in [2.75, 3.05) is 19.8 Å². The molecule has 13 heavy (non-hydrogen) atoms. The van der Waals surface area contributed by atoms with Crippen molar-refractivity contribution in [2.24, 2.45) is 0 Å². The normalized spacial score (nSPS) is 24.2. The molecule has 0 aromatic rings. The summed E-state index contributed by atoms with van der Waals surface area (Å²) in [6, 6.07) is 0. The van der Waals surface area contributed by atoms with Crippen molar-refractivity contribution < 1.29 is 14.2 Å². The van der Waals surface area contributed by atoms with Gasteiger partial charge in [0.25, 0.3) is 0 Å². The SMILES string of the molecule is C#CCOC(C)OCC1CCCO1. The van der Waals surface area contributed by atoms with E-state index in [0.29, 0.717) is 13.2 Å². The fourth-order valence-corrected chi connectivity index (χ4v) is 1.23. The van der Waals surface area contributed by atoms with E-state index < -0.39 is 0 Å². The topological polar surface area (TPSA) is 27.7 Å². The van der Waals surface area contributed by atoms with E-state index in [9.17, 15) is 0 Å². The monoisotopic (exact) mass is 184 g/mol. The first-order chi connectivity index (χ1) is 6.33. The first-order valence-corrected chi connectivity index (χ1v) is 4.61. The van der Waals surface area contributed by atoms with Gasteiger partial charge in [0.2, 0.25) is 0 Å². The molecule has 2 unspecified atom stereocenters. The van der Waals surface area contributed by atoms with Gasteiger partial charge in [-0.1, -0.05) is 5.92 Å². The second-order valence-electron chi connectivity index (χ2n) is 3.05. The molecule has 0 spiro atoms. The highest BCUT2D eigenvalue weighted by Crippen LogP contribution is 2.12. The Hall–Kier alpha value is -0.560. The standard InChI is InChI=1S/C10H16O3/c1-3-6-11-9(2)13-8-10-5-4-7-12-10/h1,9-10H,4-8H2,2H3. The van der Waals surface area contributed by atoms with Crippen molar-refractivity contribution in [3.8, 4) is 12.3 Å². The third-order valence-electron chi connectivity index (χ3n) is 1.94. The lowest BCUT2D eigenvalue weighted by atomic mass is 10.2. The molecule has 0 amide bonds. The second-order valence-corrected chi connectivity index (χ2v) is 3.05. The Bertz CT molecular complexity index is 167. The van der Waals surface area contributed by atoms with Crippen molar-refractivity contribution in [3.05, 3.63) is 0 Å². The highest BCUT2D eigenvalue weighted by Gasteiger charge is 2.16. The van der Waals surface area contributed by atoms with Crippen LogP contribution in [0.3, 0.4) is 0 Å². The van der Waals surface area contributed by atoms with Crippen molar-refractivity contribution in [2.45, 2.75) is 32.2 Å². The van der Waals surface area contributed by atoms with Crippen LogP contribution in [0, 0.1) is 12.3 Å². The number of hydrogen-bond acceptors (Lipinski definition) is 3. The fourth-order valence-electron chi connectivity index (χ4n) is 1.23. The molecule has 1 saturated heterocycles. The van der Waals surface area contributed by atoms with Crippen LogP contribution in [0.2, 0.25) is 0 Å². The third kappa shape index (κ3) is 4.28. The molecule has 1 aliphatic rings. The zero-order valence-electron chi connectivity index (χ0n) is 7.99. The number of terminal acetylenes is 1. The summed E-state index contributed by atoms with van der Waals surface area (Å²) in [5.74, 6) is 2.39. The van der Waals surface area contributed by atoms with Gasteiger partial charge in [-0.05, 0) is 19.8 Å². The average molecular weight is 184 g/mol. The summed E-state index contributed by atoms with van der Waals surface area (Å²) in [6.07, 6.45) is 7.27. The van der Waals surface area contributed by atoms with E-state index in [0.717, 1.165) is 19.4 Å². The van der Waals surface area contributed by atoms with Gasteiger partial charge in [0.15, 0.2) is 6.29 Å². The summed E-state index contributed by atoms with van der Waals surface area (Å²) in [4.78, 5) is 0. The third-order valence-corrected chi connectivity index (χ3v) is 1.94. The predicted molar refractivity (Wildman–Crippen MR) is 49.2 cm³/mol. The summed E-state index contributed by atoms with van der Waals surface area (Å²) in [7, 11) is 0. The predicted octanol–water partition coefficient (Wildman–Crippen LogP) is 1.18. The molecule has 0 N–H and O–H groups in total. The van der Waals surface area contributed by atoms with E-state index in [1.165, 1.54) is 0 Å². The lowest BCUT2D eigenvalue weighted by Gasteiger charge is -2.15. The van der Waals surface area contributed by atoms with E-state index in [-0.39, 0.29) is 12.4 Å². The van der Waals surface area contributed by atoms with Crippen LogP contribution in [-0.2, 0) is 14.2 Å². The van der Waals surface area contributed by atoms with Gasteiger partial charge in [0.1, 0.15) is 6.61 Å². The molecule has 0 bridgehead atoms. The van der Waals surface area contributed by atoms with Crippen LogP contribution >= 0.6 is 0 Å². The molecule has 1 rings (SSSR count).